The molecule has 3 nitrogen and oxygen atoms in total. The van der Waals surface area contributed by atoms with Crippen molar-refractivity contribution in [2.24, 2.45) is 10.4 Å². The molecule has 0 saturated heterocycles. The standard InChI is InChI=1S/C27H37F3N2O/c1-4-12-24-22(5-2)26(16-10-11-17-26)25(33)32(24)19-21(14-8-9-18-27(28,29)30)31-23-15-7-6-13-20(23)3/h4-5,12H,2,6-11,13-19H2,1,3H3/b12-4-,31-21?. The van der Waals surface area contributed by atoms with Crippen molar-refractivity contribution in [1.82, 2.24) is 4.90 Å². The molecule has 1 fully saturated rings. The van der Waals surface area contributed by atoms with Gasteiger partial charge in [-0.25, -0.2) is 0 Å². The van der Waals surface area contributed by atoms with Crippen LogP contribution in [0.2, 0.25) is 0 Å². The molecule has 0 aromatic rings. The average molecular weight is 463 g/mol. The first-order valence-electron chi connectivity index (χ1n) is 12.4. The van der Waals surface area contributed by atoms with Crippen LogP contribution >= 0.6 is 0 Å². The fourth-order valence-electron chi connectivity index (χ4n) is 5.52. The van der Waals surface area contributed by atoms with Gasteiger partial charge in [0, 0.05) is 23.5 Å². The fourth-order valence-corrected chi connectivity index (χ4v) is 5.52. The van der Waals surface area contributed by atoms with Gasteiger partial charge < -0.3 is 4.90 Å². The predicted octanol–water partition coefficient (Wildman–Crippen LogP) is 7.82. The molecule has 1 spiro atoms. The minimum absolute atomic E-state index is 0.0773. The lowest BCUT2D eigenvalue weighted by Gasteiger charge is -2.26. The molecule has 1 aliphatic heterocycles. The zero-order chi connectivity index (χ0) is 24.1. The number of alkyl halides is 3. The molecule has 0 aromatic carbocycles. The van der Waals surface area contributed by atoms with Gasteiger partial charge in [0.2, 0.25) is 5.91 Å². The van der Waals surface area contributed by atoms with Crippen molar-refractivity contribution in [1.29, 1.82) is 0 Å². The Labute approximate surface area is 196 Å². The Bertz CT molecular complexity index is 870. The molecular weight excluding hydrogens is 425 g/mol. The van der Waals surface area contributed by atoms with Crippen LogP contribution in [0.1, 0.15) is 90.9 Å². The van der Waals surface area contributed by atoms with Gasteiger partial charge in [0.05, 0.1) is 12.0 Å². The number of hydrogen-bond acceptors (Lipinski definition) is 2. The highest BCUT2D eigenvalue weighted by atomic mass is 19.4. The van der Waals surface area contributed by atoms with Crippen molar-refractivity contribution >= 4 is 11.6 Å². The van der Waals surface area contributed by atoms with E-state index in [1.807, 2.05) is 30.1 Å². The van der Waals surface area contributed by atoms with Crippen LogP contribution in [0.3, 0.4) is 0 Å². The highest BCUT2D eigenvalue weighted by molar-refractivity contribution is 5.98. The molecule has 0 atom stereocenters. The molecular formula is C27H37F3N2O. The van der Waals surface area contributed by atoms with Crippen molar-refractivity contribution in [3.63, 3.8) is 0 Å². The second kappa shape index (κ2) is 10.9. The number of allylic oxidation sites excluding steroid dienone is 5. The maximum absolute atomic E-state index is 13.7. The lowest BCUT2D eigenvalue weighted by atomic mass is 9.79. The minimum atomic E-state index is -4.14. The zero-order valence-electron chi connectivity index (χ0n) is 20.1. The number of nitrogens with zero attached hydrogens (tertiary/aromatic N) is 2. The SMILES string of the molecule is C=CC1=C(/C=C\C)N(CC(CCCCC(F)(F)F)=NC2=C(C)CCCC2)C(=O)C12CCCC2. The van der Waals surface area contributed by atoms with Crippen LogP contribution in [0, 0.1) is 5.41 Å². The summed E-state index contributed by atoms with van der Waals surface area (Å²) in [4.78, 5) is 20.5. The molecule has 0 bridgehead atoms. The summed E-state index contributed by atoms with van der Waals surface area (Å²) in [6, 6.07) is 0. The van der Waals surface area contributed by atoms with E-state index in [0.29, 0.717) is 19.4 Å². The molecule has 6 heteroatoms. The van der Waals surface area contributed by atoms with Crippen molar-refractivity contribution in [2.45, 2.75) is 97.1 Å². The summed E-state index contributed by atoms with van der Waals surface area (Å²) in [7, 11) is 0. The number of aliphatic imine (C=N–C) groups is 1. The lowest BCUT2D eigenvalue weighted by molar-refractivity contribution is -0.135. The van der Waals surface area contributed by atoms with Crippen molar-refractivity contribution in [3.8, 4) is 0 Å². The molecule has 0 N–H and O–H groups in total. The Hall–Kier alpha value is -2.11. The first-order valence-corrected chi connectivity index (χ1v) is 12.4. The summed E-state index contributed by atoms with van der Waals surface area (Å²) in [5.41, 5.74) is 4.48. The Morgan fingerprint density at radius 1 is 1.15 bits per heavy atom. The number of halogens is 3. The Morgan fingerprint density at radius 3 is 2.45 bits per heavy atom. The van der Waals surface area contributed by atoms with Gasteiger partial charge in [-0.3, -0.25) is 9.79 Å². The second-order valence-electron chi connectivity index (χ2n) is 9.62. The van der Waals surface area contributed by atoms with Gasteiger partial charge >= 0.3 is 6.18 Å². The third-order valence-electron chi connectivity index (χ3n) is 7.24. The Kier molecular flexibility index (Phi) is 8.41. The molecule has 3 aliphatic rings. The number of rotatable bonds is 9. The largest absolute Gasteiger partial charge is 0.389 e. The van der Waals surface area contributed by atoms with Crippen LogP contribution in [-0.4, -0.2) is 29.2 Å². The first kappa shape index (κ1) is 25.5. The van der Waals surface area contributed by atoms with Crippen molar-refractivity contribution in [2.75, 3.05) is 6.54 Å². The Balaban J connectivity index is 1.89. The van der Waals surface area contributed by atoms with Gasteiger partial charge in [0.15, 0.2) is 0 Å². The number of carbonyl (C=O) groups excluding carboxylic acids is 1. The van der Waals surface area contributed by atoms with Gasteiger partial charge in [-0.05, 0) is 83.3 Å². The summed E-state index contributed by atoms with van der Waals surface area (Å²) in [5, 5.41) is 0. The molecule has 2 aliphatic carbocycles. The van der Waals surface area contributed by atoms with Gasteiger partial charge in [0.25, 0.3) is 0 Å². The van der Waals surface area contributed by atoms with E-state index in [4.69, 9.17) is 4.99 Å². The first-order chi connectivity index (χ1) is 15.7. The third-order valence-corrected chi connectivity index (χ3v) is 7.24. The number of carbonyl (C=O) groups is 1. The molecule has 0 unspecified atom stereocenters. The van der Waals surface area contributed by atoms with Gasteiger partial charge in [-0.2, -0.15) is 13.2 Å². The van der Waals surface area contributed by atoms with Crippen LogP contribution in [0.5, 0.6) is 0 Å². The summed E-state index contributed by atoms with van der Waals surface area (Å²) in [6.07, 6.45) is 9.58. The minimum Gasteiger partial charge on any atom is -0.306 e. The second-order valence-corrected chi connectivity index (χ2v) is 9.62. The maximum atomic E-state index is 13.7. The van der Waals surface area contributed by atoms with E-state index in [9.17, 15) is 18.0 Å². The number of hydrogen-bond donors (Lipinski definition) is 0. The quantitative estimate of drug-likeness (QED) is 0.254. The van der Waals surface area contributed by atoms with Crippen LogP contribution in [0.4, 0.5) is 13.2 Å². The predicted molar refractivity (Wildman–Crippen MR) is 128 cm³/mol. The zero-order valence-corrected chi connectivity index (χ0v) is 20.1. The summed E-state index contributed by atoms with van der Waals surface area (Å²) in [5.74, 6) is 0.0975. The van der Waals surface area contributed by atoms with Crippen LogP contribution < -0.4 is 0 Å². The molecule has 33 heavy (non-hydrogen) atoms. The average Bonchev–Trinajstić information content (AvgIpc) is 3.32. The number of amides is 1. The normalized spacial score (nSPS) is 21.9. The van der Waals surface area contributed by atoms with E-state index < -0.39 is 18.0 Å². The fraction of sp³-hybridized carbons (Fsp3) is 0.630. The number of unbranched alkanes of at least 4 members (excludes halogenated alkanes) is 1. The summed E-state index contributed by atoms with van der Waals surface area (Å²) < 4.78 is 38.0. The Morgan fingerprint density at radius 2 is 1.85 bits per heavy atom. The van der Waals surface area contributed by atoms with E-state index in [2.05, 4.69) is 13.5 Å². The summed E-state index contributed by atoms with van der Waals surface area (Å²) >= 11 is 0. The molecule has 0 aromatic heterocycles. The highest BCUT2D eigenvalue weighted by Crippen LogP contribution is 2.52. The maximum Gasteiger partial charge on any atom is 0.389 e. The molecule has 0 radical (unpaired) electrons. The van der Waals surface area contributed by atoms with Crippen molar-refractivity contribution in [3.05, 3.63) is 47.3 Å². The van der Waals surface area contributed by atoms with Crippen LogP contribution in [-0.2, 0) is 4.79 Å². The topological polar surface area (TPSA) is 32.7 Å². The molecule has 3 rings (SSSR count). The molecule has 1 heterocycles. The van der Waals surface area contributed by atoms with Crippen LogP contribution in [0.25, 0.3) is 0 Å². The van der Waals surface area contributed by atoms with E-state index in [1.165, 1.54) is 5.57 Å². The lowest BCUT2D eigenvalue weighted by Crippen LogP contribution is -2.38. The monoisotopic (exact) mass is 462 g/mol. The third kappa shape index (κ3) is 5.88. The smallest absolute Gasteiger partial charge is 0.306 e. The molecule has 1 amide bonds. The van der Waals surface area contributed by atoms with E-state index in [1.54, 1.807) is 0 Å². The van der Waals surface area contributed by atoms with Gasteiger partial charge in [-0.15, -0.1) is 0 Å². The summed E-state index contributed by atoms with van der Waals surface area (Å²) in [6.45, 7) is 8.37. The molecule has 182 valence electrons. The van der Waals surface area contributed by atoms with Crippen molar-refractivity contribution < 1.29 is 18.0 Å². The van der Waals surface area contributed by atoms with Gasteiger partial charge in [0.1, 0.15) is 0 Å². The van der Waals surface area contributed by atoms with Crippen LogP contribution in [0.15, 0.2) is 52.3 Å². The van der Waals surface area contributed by atoms with Gasteiger partial charge in [-0.1, -0.05) is 37.1 Å². The van der Waals surface area contributed by atoms with E-state index >= 15 is 0 Å². The molecule has 1 saturated carbocycles. The van der Waals surface area contributed by atoms with E-state index in [0.717, 1.165) is 74.0 Å². The van der Waals surface area contributed by atoms with E-state index in [-0.39, 0.29) is 12.3 Å². The highest BCUT2D eigenvalue weighted by Gasteiger charge is 2.52.